The van der Waals surface area contributed by atoms with Crippen LogP contribution in [0.1, 0.15) is 17.3 Å². The number of halogens is 2. The summed E-state index contributed by atoms with van der Waals surface area (Å²) in [7, 11) is 0. The van der Waals surface area contributed by atoms with Crippen molar-refractivity contribution in [2.24, 2.45) is 0 Å². The number of anilines is 1. The molecule has 1 N–H and O–H groups in total. The SMILES string of the molecule is CCOc1ccc(C(=O)Nc2cccc(Cl)c2Br)cc1. The lowest BCUT2D eigenvalue weighted by Gasteiger charge is -2.09. The van der Waals surface area contributed by atoms with Crippen molar-refractivity contribution in [2.45, 2.75) is 6.92 Å². The molecular weight excluding hydrogens is 342 g/mol. The fourth-order valence-electron chi connectivity index (χ4n) is 1.66. The maximum absolute atomic E-state index is 12.1. The topological polar surface area (TPSA) is 38.3 Å². The van der Waals surface area contributed by atoms with E-state index in [-0.39, 0.29) is 5.91 Å². The van der Waals surface area contributed by atoms with E-state index in [2.05, 4.69) is 21.2 Å². The lowest BCUT2D eigenvalue weighted by Crippen LogP contribution is -2.12. The van der Waals surface area contributed by atoms with E-state index in [1.165, 1.54) is 0 Å². The molecule has 2 rings (SSSR count). The van der Waals surface area contributed by atoms with Gasteiger partial charge in [0, 0.05) is 5.56 Å². The molecule has 0 bridgehead atoms. The maximum Gasteiger partial charge on any atom is 0.255 e. The van der Waals surface area contributed by atoms with E-state index >= 15 is 0 Å². The molecule has 0 unspecified atom stereocenters. The lowest BCUT2D eigenvalue weighted by atomic mass is 10.2. The average Bonchev–Trinajstić information content (AvgIpc) is 2.45. The number of rotatable bonds is 4. The van der Waals surface area contributed by atoms with Crippen LogP contribution >= 0.6 is 27.5 Å². The summed E-state index contributed by atoms with van der Waals surface area (Å²) >= 11 is 9.33. The number of hydrogen-bond acceptors (Lipinski definition) is 2. The second-order valence-electron chi connectivity index (χ2n) is 4.01. The van der Waals surface area contributed by atoms with Crippen molar-refractivity contribution in [3.63, 3.8) is 0 Å². The van der Waals surface area contributed by atoms with Crippen LogP contribution < -0.4 is 10.1 Å². The van der Waals surface area contributed by atoms with E-state index in [9.17, 15) is 4.79 Å². The van der Waals surface area contributed by atoms with Crippen LogP contribution in [0.25, 0.3) is 0 Å². The standard InChI is InChI=1S/C15H13BrClNO2/c1-2-20-11-8-6-10(7-9-11)15(19)18-13-5-3-4-12(17)14(13)16/h3-9H,2H2,1H3,(H,18,19). The molecule has 0 fully saturated rings. The third-order valence-electron chi connectivity index (χ3n) is 2.63. The molecule has 0 aliphatic carbocycles. The molecule has 0 spiro atoms. The van der Waals surface area contributed by atoms with Gasteiger partial charge in [0.15, 0.2) is 0 Å². The van der Waals surface area contributed by atoms with Crippen LogP contribution in [0.15, 0.2) is 46.9 Å². The summed E-state index contributed by atoms with van der Waals surface area (Å²) in [5.41, 5.74) is 1.19. The molecule has 2 aromatic carbocycles. The van der Waals surface area contributed by atoms with Crippen molar-refractivity contribution in [2.75, 3.05) is 11.9 Å². The quantitative estimate of drug-likeness (QED) is 0.860. The molecule has 0 heterocycles. The Morgan fingerprint density at radius 3 is 2.60 bits per heavy atom. The Kier molecular flexibility index (Phi) is 5.04. The minimum atomic E-state index is -0.198. The molecule has 104 valence electrons. The zero-order valence-electron chi connectivity index (χ0n) is 10.8. The van der Waals surface area contributed by atoms with E-state index in [0.29, 0.717) is 27.4 Å². The number of nitrogens with one attached hydrogen (secondary N) is 1. The third kappa shape index (κ3) is 3.52. The van der Waals surface area contributed by atoms with E-state index in [1.807, 2.05) is 6.92 Å². The van der Waals surface area contributed by atoms with Gasteiger partial charge in [-0.2, -0.15) is 0 Å². The smallest absolute Gasteiger partial charge is 0.255 e. The van der Waals surface area contributed by atoms with Gasteiger partial charge in [-0.25, -0.2) is 0 Å². The second kappa shape index (κ2) is 6.77. The first-order valence-corrected chi connectivity index (χ1v) is 7.27. The Morgan fingerprint density at radius 1 is 1.25 bits per heavy atom. The monoisotopic (exact) mass is 353 g/mol. The lowest BCUT2D eigenvalue weighted by molar-refractivity contribution is 0.102. The second-order valence-corrected chi connectivity index (χ2v) is 5.21. The molecule has 0 atom stereocenters. The normalized spacial score (nSPS) is 10.2. The number of benzene rings is 2. The average molecular weight is 355 g/mol. The van der Waals surface area contributed by atoms with Gasteiger partial charge in [-0.05, 0) is 59.3 Å². The molecule has 3 nitrogen and oxygen atoms in total. The first-order valence-electron chi connectivity index (χ1n) is 6.10. The van der Waals surface area contributed by atoms with E-state index in [1.54, 1.807) is 42.5 Å². The first kappa shape index (κ1) is 14.9. The molecule has 0 radical (unpaired) electrons. The molecule has 5 heteroatoms. The number of carbonyl (C=O) groups excluding carboxylic acids is 1. The Labute approximate surface area is 131 Å². The number of ether oxygens (including phenoxy) is 1. The fraction of sp³-hybridized carbons (Fsp3) is 0.133. The predicted octanol–water partition coefficient (Wildman–Crippen LogP) is 4.75. The summed E-state index contributed by atoms with van der Waals surface area (Å²) in [4.78, 5) is 12.1. The van der Waals surface area contributed by atoms with Crippen LogP contribution in [-0.4, -0.2) is 12.5 Å². The van der Waals surface area contributed by atoms with Gasteiger partial charge in [0.05, 0.1) is 21.8 Å². The first-order chi connectivity index (χ1) is 9.61. The number of amides is 1. The van der Waals surface area contributed by atoms with E-state index in [4.69, 9.17) is 16.3 Å². The Hall–Kier alpha value is -1.52. The van der Waals surface area contributed by atoms with Gasteiger partial charge in [0.25, 0.3) is 5.91 Å². The van der Waals surface area contributed by atoms with Crippen LogP contribution in [0.2, 0.25) is 5.02 Å². The molecule has 0 aliphatic rings. The van der Waals surface area contributed by atoms with Gasteiger partial charge in [-0.3, -0.25) is 4.79 Å². The molecule has 0 saturated carbocycles. The van der Waals surface area contributed by atoms with Crippen LogP contribution in [0.5, 0.6) is 5.75 Å². The maximum atomic E-state index is 12.1. The van der Waals surface area contributed by atoms with Crippen molar-refractivity contribution in [1.82, 2.24) is 0 Å². The molecule has 0 aliphatic heterocycles. The van der Waals surface area contributed by atoms with Crippen LogP contribution in [0.3, 0.4) is 0 Å². The van der Waals surface area contributed by atoms with Gasteiger partial charge in [-0.1, -0.05) is 17.7 Å². The van der Waals surface area contributed by atoms with E-state index < -0.39 is 0 Å². The van der Waals surface area contributed by atoms with Crippen molar-refractivity contribution in [3.8, 4) is 5.75 Å². The zero-order valence-corrected chi connectivity index (χ0v) is 13.2. The molecule has 0 saturated heterocycles. The van der Waals surface area contributed by atoms with Gasteiger partial charge in [0.2, 0.25) is 0 Å². The number of hydrogen-bond donors (Lipinski definition) is 1. The summed E-state index contributed by atoms with van der Waals surface area (Å²) < 4.78 is 6.00. The summed E-state index contributed by atoms with van der Waals surface area (Å²) in [6.07, 6.45) is 0. The van der Waals surface area contributed by atoms with Gasteiger partial charge in [0.1, 0.15) is 5.75 Å². The highest BCUT2D eigenvalue weighted by Crippen LogP contribution is 2.30. The Balaban J connectivity index is 2.13. The molecular formula is C15H13BrClNO2. The highest BCUT2D eigenvalue weighted by Gasteiger charge is 2.10. The minimum absolute atomic E-state index is 0.198. The van der Waals surface area contributed by atoms with Crippen LogP contribution in [0.4, 0.5) is 5.69 Å². The third-order valence-corrected chi connectivity index (χ3v) is 4.02. The van der Waals surface area contributed by atoms with Gasteiger partial charge < -0.3 is 10.1 Å². The highest BCUT2D eigenvalue weighted by atomic mass is 79.9. The van der Waals surface area contributed by atoms with Crippen LogP contribution in [0, 0.1) is 0 Å². The Morgan fingerprint density at radius 2 is 1.95 bits per heavy atom. The molecule has 1 amide bonds. The Bertz CT molecular complexity index is 614. The highest BCUT2D eigenvalue weighted by molar-refractivity contribution is 9.10. The largest absolute Gasteiger partial charge is 0.494 e. The van der Waals surface area contributed by atoms with Crippen molar-refractivity contribution < 1.29 is 9.53 Å². The van der Waals surface area contributed by atoms with Gasteiger partial charge >= 0.3 is 0 Å². The van der Waals surface area contributed by atoms with Crippen molar-refractivity contribution in [3.05, 3.63) is 57.5 Å². The van der Waals surface area contributed by atoms with Crippen LogP contribution in [-0.2, 0) is 0 Å². The minimum Gasteiger partial charge on any atom is -0.494 e. The summed E-state index contributed by atoms with van der Waals surface area (Å²) in [5, 5.41) is 3.36. The molecule has 2 aromatic rings. The fourth-order valence-corrected chi connectivity index (χ4v) is 2.20. The van der Waals surface area contributed by atoms with Gasteiger partial charge in [-0.15, -0.1) is 0 Å². The number of carbonyl (C=O) groups is 1. The molecule has 20 heavy (non-hydrogen) atoms. The van der Waals surface area contributed by atoms with Crippen molar-refractivity contribution in [1.29, 1.82) is 0 Å². The van der Waals surface area contributed by atoms with Crippen molar-refractivity contribution >= 4 is 39.1 Å². The molecule has 0 aromatic heterocycles. The summed E-state index contributed by atoms with van der Waals surface area (Å²) in [6, 6.07) is 12.3. The zero-order chi connectivity index (χ0) is 14.5. The predicted molar refractivity (Wildman–Crippen MR) is 84.7 cm³/mol. The van der Waals surface area contributed by atoms with E-state index in [0.717, 1.165) is 5.75 Å². The summed E-state index contributed by atoms with van der Waals surface area (Å²) in [5.74, 6) is 0.545. The summed E-state index contributed by atoms with van der Waals surface area (Å²) in [6.45, 7) is 2.51.